The average Bonchev–Trinajstić information content (AvgIpc) is 2.62. The summed E-state index contributed by atoms with van der Waals surface area (Å²) in [5, 5.41) is 2.77. The molecule has 2 heterocycles. The first-order chi connectivity index (χ1) is 12.1. The van der Waals surface area contributed by atoms with Crippen LogP contribution in [0.15, 0.2) is 42.6 Å². The minimum Gasteiger partial charge on any atom is -0.493 e. The summed E-state index contributed by atoms with van der Waals surface area (Å²) in [7, 11) is 1.52. The van der Waals surface area contributed by atoms with Crippen molar-refractivity contribution in [2.24, 2.45) is 0 Å². The quantitative estimate of drug-likeness (QED) is 0.928. The zero-order valence-corrected chi connectivity index (χ0v) is 14.1. The van der Waals surface area contributed by atoms with E-state index in [9.17, 15) is 9.18 Å². The molecule has 0 spiro atoms. The summed E-state index contributed by atoms with van der Waals surface area (Å²) < 4.78 is 24.2. The number of hydrogen-bond acceptors (Lipinski definition) is 4. The lowest BCUT2D eigenvalue weighted by Gasteiger charge is -2.37. The number of benzene rings is 1. The van der Waals surface area contributed by atoms with Gasteiger partial charge in [0.1, 0.15) is 11.9 Å². The molecule has 2 aromatic rings. The van der Waals surface area contributed by atoms with Gasteiger partial charge in [0.2, 0.25) is 0 Å². The van der Waals surface area contributed by atoms with E-state index in [-0.39, 0.29) is 24.1 Å². The number of amides is 2. The minimum absolute atomic E-state index is 0.139. The predicted octanol–water partition coefficient (Wildman–Crippen LogP) is 3.22. The Balaban J connectivity index is 1.72. The number of methoxy groups -OCH3 is 1. The summed E-state index contributed by atoms with van der Waals surface area (Å²) >= 11 is 0. The average molecular weight is 345 g/mol. The molecule has 1 aliphatic heterocycles. The molecule has 1 N–H and O–H groups in total. The van der Waals surface area contributed by atoms with Crippen molar-refractivity contribution in [3.63, 3.8) is 0 Å². The Hall–Kier alpha value is -2.67. The van der Waals surface area contributed by atoms with E-state index in [4.69, 9.17) is 9.47 Å². The van der Waals surface area contributed by atoms with Crippen LogP contribution in [0.3, 0.4) is 0 Å². The van der Waals surface area contributed by atoms with Gasteiger partial charge in [-0.25, -0.2) is 14.2 Å². The molecule has 1 aromatic heterocycles. The predicted molar refractivity (Wildman–Crippen MR) is 91.1 cm³/mol. The lowest BCUT2D eigenvalue weighted by atomic mass is 10.1. The number of carbonyl (C=O) groups excluding carboxylic acids is 1. The van der Waals surface area contributed by atoms with Crippen molar-refractivity contribution in [1.29, 1.82) is 0 Å². The van der Waals surface area contributed by atoms with E-state index >= 15 is 0 Å². The number of pyridine rings is 1. The standard InChI is InChI=1S/C18H20FN3O3/c1-12-10-22(11-16(25-12)13-5-7-14(19)8-6-13)18(23)21-17-15(24-2)4-3-9-20-17/h3-9,12,16H,10-11H2,1-2H3,(H,20,21,23)/t12-,16-/m0/s1. The molecule has 6 nitrogen and oxygen atoms in total. The molecule has 0 bridgehead atoms. The molecule has 2 amide bonds. The highest BCUT2D eigenvalue weighted by atomic mass is 19.1. The summed E-state index contributed by atoms with van der Waals surface area (Å²) in [6.07, 6.45) is 1.14. The normalized spacial score (nSPS) is 20.2. The maximum absolute atomic E-state index is 13.1. The van der Waals surface area contributed by atoms with Gasteiger partial charge < -0.3 is 14.4 Å². The first kappa shape index (κ1) is 17.2. The van der Waals surface area contributed by atoms with E-state index in [1.807, 2.05) is 6.92 Å². The molecule has 1 fully saturated rings. The number of carbonyl (C=O) groups is 1. The van der Waals surface area contributed by atoms with Crippen molar-refractivity contribution in [3.8, 4) is 5.75 Å². The molecule has 1 aliphatic rings. The first-order valence-corrected chi connectivity index (χ1v) is 8.02. The van der Waals surface area contributed by atoms with Gasteiger partial charge in [-0.1, -0.05) is 12.1 Å². The second kappa shape index (κ2) is 7.48. The van der Waals surface area contributed by atoms with E-state index in [1.165, 1.54) is 19.2 Å². The van der Waals surface area contributed by atoms with Crippen LogP contribution >= 0.6 is 0 Å². The van der Waals surface area contributed by atoms with Crippen molar-refractivity contribution in [2.75, 3.05) is 25.5 Å². The second-order valence-corrected chi connectivity index (χ2v) is 5.88. The van der Waals surface area contributed by atoms with Gasteiger partial charge in [-0.3, -0.25) is 5.32 Å². The third-order valence-electron chi connectivity index (χ3n) is 4.01. The van der Waals surface area contributed by atoms with Crippen LogP contribution in [0.1, 0.15) is 18.6 Å². The summed E-state index contributed by atoms with van der Waals surface area (Å²) in [6, 6.07) is 9.31. The van der Waals surface area contributed by atoms with Gasteiger partial charge in [0.05, 0.1) is 19.8 Å². The molecule has 132 valence electrons. The number of urea groups is 1. The number of nitrogens with zero attached hydrogens (tertiary/aromatic N) is 2. The SMILES string of the molecule is COc1cccnc1NC(=O)N1C[C@@H](c2ccc(F)cc2)O[C@@H](C)C1. The summed E-state index contributed by atoms with van der Waals surface area (Å²) in [4.78, 5) is 18.4. The molecule has 3 rings (SSSR count). The second-order valence-electron chi connectivity index (χ2n) is 5.88. The molecular weight excluding hydrogens is 325 g/mol. The monoisotopic (exact) mass is 345 g/mol. The van der Waals surface area contributed by atoms with E-state index in [1.54, 1.807) is 35.4 Å². The fraction of sp³-hybridized carbons (Fsp3) is 0.333. The van der Waals surface area contributed by atoms with Crippen LogP contribution in [0, 0.1) is 5.82 Å². The Morgan fingerprint density at radius 1 is 1.32 bits per heavy atom. The van der Waals surface area contributed by atoms with E-state index in [0.29, 0.717) is 24.7 Å². The lowest BCUT2D eigenvalue weighted by Crippen LogP contribution is -2.47. The maximum Gasteiger partial charge on any atom is 0.323 e. The van der Waals surface area contributed by atoms with Crippen LogP contribution in [0.25, 0.3) is 0 Å². The van der Waals surface area contributed by atoms with Gasteiger partial charge in [0.15, 0.2) is 11.6 Å². The molecule has 0 radical (unpaired) electrons. The Bertz CT molecular complexity index is 739. The molecule has 0 aliphatic carbocycles. The molecule has 1 saturated heterocycles. The van der Waals surface area contributed by atoms with Gasteiger partial charge in [-0.05, 0) is 36.8 Å². The number of anilines is 1. The highest BCUT2D eigenvalue weighted by Gasteiger charge is 2.30. The Labute approximate surface area is 145 Å². The lowest BCUT2D eigenvalue weighted by molar-refractivity contribution is -0.0643. The number of nitrogens with one attached hydrogen (secondary N) is 1. The van der Waals surface area contributed by atoms with Gasteiger partial charge in [-0.15, -0.1) is 0 Å². The fourth-order valence-corrected chi connectivity index (χ4v) is 2.81. The van der Waals surface area contributed by atoms with Crippen LogP contribution in [0.4, 0.5) is 15.0 Å². The van der Waals surface area contributed by atoms with Gasteiger partial charge >= 0.3 is 6.03 Å². The zero-order valence-electron chi connectivity index (χ0n) is 14.1. The number of morpholine rings is 1. The highest BCUT2D eigenvalue weighted by molar-refractivity contribution is 5.89. The smallest absolute Gasteiger partial charge is 0.323 e. The Kier molecular flexibility index (Phi) is 5.14. The minimum atomic E-state index is -0.305. The highest BCUT2D eigenvalue weighted by Crippen LogP contribution is 2.27. The molecule has 7 heteroatoms. The molecule has 2 atom stereocenters. The zero-order chi connectivity index (χ0) is 17.8. The third kappa shape index (κ3) is 4.06. The Morgan fingerprint density at radius 3 is 2.80 bits per heavy atom. The van der Waals surface area contributed by atoms with E-state index in [2.05, 4.69) is 10.3 Å². The van der Waals surface area contributed by atoms with Crippen molar-refractivity contribution >= 4 is 11.8 Å². The fourth-order valence-electron chi connectivity index (χ4n) is 2.81. The maximum atomic E-state index is 13.1. The molecule has 0 unspecified atom stereocenters. The summed E-state index contributed by atoms with van der Waals surface area (Å²) in [5.74, 6) is 0.559. The number of rotatable bonds is 3. The third-order valence-corrected chi connectivity index (χ3v) is 4.01. The molecular formula is C18H20FN3O3. The van der Waals surface area contributed by atoms with Gasteiger partial charge in [0, 0.05) is 12.7 Å². The molecule has 0 saturated carbocycles. The Morgan fingerprint density at radius 2 is 2.08 bits per heavy atom. The molecule has 25 heavy (non-hydrogen) atoms. The van der Waals surface area contributed by atoms with Crippen LogP contribution in [-0.2, 0) is 4.74 Å². The van der Waals surface area contributed by atoms with E-state index in [0.717, 1.165) is 5.56 Å². The first-order valence-electron chi connectivity index (χ1n) is 8.02. The van der Waals surface area contributed by atoms with Crippen molar-refractivity contribution in [2.45, 2.75) is 19.1 Å². The van der Waals surface area contributed by atoms with Gasteiger partial charge in [-0.2, -0.15) is 0 Å². The van der Waals surface area contributed by atoms with Crippen molar-refractivity contribution in [3.05, 3.63) is 54.0 Å². The summed E-state index contributed by atoms with van der Waals surface area (Å²) in [6.45, 7) is 2.73. The van der Waals surface area contributed by atoms with Gasteiger partial charge in [0.25, 0.3) is 0 Å². The number of halogens is 1. The topological polar surface area (TPSA) is 63.7 Å². The van der Waals surface area contributed by atoms with Crippen molar-refractivity contribution < 1.29 is 18.7 Å². The van der Waals surface area contributed by atoms with Crippen LogP contribution in [0.5, 0.6) is 5.75 Å². The van der Waals surface area contributed by atoms with Crippen LogP contribution in [0.2, 0.25) is 0 Å². The van der Waals surface area contributed by atoms with Crippen molar-refractivity contribution in [1.82, 2.24) is 9.88 Å². The number of hydrogen-bond donors (Lipinski definition) is 1. The number of aromatic nitrogens is 1. The number of ether oxygens (including phenoxy) is 2. The van der Waals surface area contributed by atoms with Crippen LogP contribution in [-0.4, -0.2) is 42.2 Å². The van der Waals surface area contributed by atoms with Crippen LogP contribution < -0.4 is 10.1 Å². The largest absolute Gasteiger partial charge is 0.493 e. The summed E-state index contributed by atoms with van der Waals surface area (Å²) in [5.41, 5.74) is 0.834. The van der Waals surface area contributed by atoms with E-state index < -0.39 is 0 Å². The molecule has 1 aromatic carbocycles.